The van der Waals surface area contributed by atoms with Gasteiger partial charge < -0.3 is 19.4 Å². The second-order valence-electron chi connectivity index (χ2n) is 9.35. The maximum absolute atomic E-state index is 13.0. The van der Waals surface area contributed by atoms with E-state index >= 15 is 0 Å². The molecule has 0 atom stereocenters. The number of aryl methyl sites for hydroxylation is 1. The third kappa shape index (κ3) is 5.13. The number of amides is 1. The fourth-order valence-corrected chi connectivity index (χ4v) is 5.89. The van der Waals surface area contributed by atoms with Gasteiger partial charge in [0, 0.05) is 56.9 Å². The van der Waals surface area contributed by atoms with Crippen LogP contribution in [0.15, 0.2) is 67.1 Å². The van der Waals surface area contributed by atoms with Gasteiger partial charge in [-0.2, -0.15) is 0 Å². The number of fused-ring (bicyclic) bond motifs is 2. The van der Waals surface area contributed by atoms with Crippen molar-refractivity contribution in [3.05, 3.63) is 72.7 Å². The minimum Gasteiger partial charge on any atom is -0.456 e. The van der Waals surface area contributed by atoms with Gasteiger partial charge in [-0.05, 0) is 54.1 Å². The van der Waals surface area contributed by atoms with Gasteiger partial charge in [0.25, 0.3) is 5.91 Å². The number of imidazole rings is 1. The number of carbonyl (C=O) groups is 1. The average molecular weight is 528 g/mol. The van der Waals surface area contributed by atoms with E-state index in [1.165, 1.54) is 0 Å². The van der Waals surface area contributed by atoms with Gasteiger partial charge >= 0.3 is 0 Å². The van der Waals surface area contributed by atoms with Crippen molar-refractivity contribution in [3.63, 3.8) is 0 Å². The number of ether oxygens (including phenoxy) is 2. The predicted molar refractivity (Wildman–Crippen MR) is 150 cm³/mol. The Morgan fingerprint density at radius 1 is 1.11 bits per heavy atom. The van der Waals surface area contributed by atoms with Crippen molar-refractivity contribution < 1.29 is 14.3 Å². The van der Waals surface area contributed by atoms with Gasteiger partial charge in [0.2, 0.25) is 0 Å². The highest BCUT2D eigenvalue weighted by Crippen LogP contribution is 2.39. The van der Waals surface area contributed by atoms with Crippen LogP contribution in [0, 0.1) is 0 Å². The predicted octanol–water partition coefficient (Wildman–Crippen LogP) is 5.09. The van der Waals surface area contributed by atoms with Gasteiger partial charge in [0.15, 0.2) is 0 Å². The van der Waals surface area contributed by atoms with Crippen LogP contribution in [0.1, 0.15) is 16.8 Å². The summed E-state index contributed by atoms with van der Waals surface area (Å²) in [4.78, 5) is 25.4. The molecule has 0 radical (unpaired) electrons. The largest absolute Gasteiger partial charge is 0.456 e. The Bertz CT molecular complexity index is 1590. The molecule has 5 aromatic rings. The summed E-state index contributed by atoms with van der Waals surface area (Å²) in [5.41, 5.74) is 1.54. The monoisotopic (exact) mass is 527 g/mol. The van der Waals surface area contributed by atoms with E-state index in [1.54, 1.807) is 23.7 Å². The van der Waals surface area contributed by atoms with Crippen molar-refractivity contribution in [2.45, 2.75) is 6.42 Å². The summed E-state index contributed by atoms with van der Waals surface area (Å²) >= 11 is 1.61. The summed E-state index contributed by atoms with van der Waals surface area (Å²) in [5.74, 6) is 2.30. The second-order valence-corrected chi connectivity index (χ2v) is 10.4. The van der Waals surface area contributed by atoms with Crippen LogP contribution >= 0.6 is 11.3 Å². The molecule has 38 heavy (non-hydrogen) atoms. The normalized spacial score (nSPS) is 14.2. The zero-order valence-electron chi connectivity index (χ0n) is 21.2. The van der Waals surface area contributed by atoms with E-state index < -0.39 is 0 Å². The lowest BCUT2D eigenvalue weighted by molar-refractivity contribution is 0.0374. The van der Waals surface area contributed by atoms with Gasteiger partial charge in [-0.15, -0.1) is 11.3 Å². The number of pyridine rings is 1. The zero-order valence-corrected chi connectivity index (χ0v) is 22.0. The van der Waals surface area contributed by atoms with Crippen LogP contribution in [0.2, 0.25) is 0 Å². The van der Waals surface area contributed by atoms with E-state index in [4.69, 9.17) is 9.47 Å². The molecule has 1 amide bonds. The van der Waals surface area contributed by atoms with Crippen LogP contribution in [0.4, 0.5) is 0 Å². The maximum atomic E-state index is 13.0. The molecule has 3 aromatic heterocycles. The highest BCUT2D eigenvalue weighted by Gasteiger charge is 2.15. The molecule has 0 unspecified atom stereocenters. The molecule has 0 aliphatic carbocycles. The van der Waals surface area contributed by atoms with Gasteiger partial charge in [-0.3, -0.25) is 14.7 Å². The molecular formula is C29H29N5O3S. The van der Waals surface area contributed by atoms with Crippen molar-refractivity contribution in [1.82, 2.24) is 24.8 Å². The number of hydrogen-bond acceptors (Lipinski definition) is 7. The quantitative estimate of drug-likeness (QED) is 0.283. The number of nitrogens with zero attached hydrogens (tertiary/aromatic N) is 4. The highest BCUT2D eigenvalue weighted by molar-refractivity contribution is 7.22. The molecule has 8 nitrogen and oxygen atoms in total. The smallest absolute Gasteiger partial charge is 0.251 e. The third-order valence-electron chi connectivity index (χ3n) is 6.78. The molecule has 2 aromatic carbocycles. The highest BCUT2D eigenvalue weighted by atomic mass is 32.1. The summed E-state index contributed by atoms with van der Waals surface area (Å²) in [6.07, 6.45) is 6.40. The first kappa shape index (κ1) is 24.5. The Balaban J connectivity index is 1.17. The third-order valence-corrected chi connectivity index (χ3v) is 7.92. The van der Waals surface area contributed by atoms with E-state index in [9.17, 15) is 4.79 Å². The van der Waals surface area contributed by atoms with E-state index in [2.05, 4.69) is 20.2 Å². The number of aromatic nitrogens is 3. The van der Waals surface area contributed by atoms with E-state index in [0.29, 0.717) is 17.9 Å². The summed E-state index contributed by atoms with van der Waals surface area (Å²) < 4.78 is 14.7. The Hall–Kier alpha value is -3.79. The molecule has 0 spiro atoms. The first-order valence-electron chi connectivity index (χ1n) is 12.8. The molecule has 1 saturated heterocycles. The molecule has 0 bridgehead atoms. The van der Waals surface area contributed by atoms with Crippen molar-refractivity contribution in [2.24, 2.45) is 7.05 Å². The fraction of sp³-hybridized carbons (Fsp3) is 0.276. The SMILES string of the molecule is Cn1ccnc1-c1cc2nccc(Oc3ccc4c(C(=O)NCCCN5CCOCC5)cccc4c3)c2s1. The van der Waals surface area contributed by atoms with Crippen molar-refractivity contribution in [3.8, 4) is 22.2 Å². The number of benzene rings is 2. The molecule has 9 heteroatoms. The lowest BCUT2D eigenvalue weighted by Gasteiger charge is -2.26. The molecule has 1 aliphatic heterocycles. The van der Waals surface area contributed by atoms with Crippen molar-refractivity contribution >= 4 is 38.2 Å². The second kappa shape index (κ2) is 10.9. The number of hydrogen-bond donors (Lipinski definition) is 1. The van der Waals surface area contributed by atoms with Gasteiger partial charge in [0.1, 0.15) is 17.3 Å². The first-order valence-corrected chi connectivity index (χ1v) is 13.6. The number of carbonyl (C=O) groups excluding carboxylic acids is 1. The molecule has 6 rings (SSSR count). The van der Waals surface area contributed by atoms with Crippen LogP contribution in [0.5, 0.6) is 11.5 Å². The molecule has 4 heterocycles. The minimum absolute atomic E-state index is 0.0533. The summed E-state index contributed by atoms with van der Waals surface area (Å²) in [6, 6.07) is 15.6. The van der Waals surface area contributed by atoms with Crippen LogP contribution in [0.3, 0.4) is 0 Å². The van der Waals surface area contributed by atoms with Crippen LogP contribution in [-0.4, -0.2) is 64.7 Å². The summed E-state index contributed by atoms with van der Waals surface area (Å²) in [6.45, 7) is 5.12. The standard InChI is InChI=1S/C29H29N5O3S/c1-33-13-11-31-28(33)26-19-24-27(38-26)25(8-10-30-24)37-21-6-7-22-20(18-21)4-2-5-23(22)29(35)32-9-3-12-34-14-16-36-17-15-34/h2,4-8,10-11,13,18-19H,3,9,12,14-17H2,1H3,(H,32,35). The lowest BCUT2D eigenvalue weighted by atomic mass is 10.0. The Kier molecular flexibility index (Phi) is 7.04. The number of morpholine rings is 1. The lowest BCUT2D eigenvalue weighted by Crippen LogP contribution is -2.38. The Morgan fingerprint density at radius 3 is 2.84 bits per heavy atom. The number of thiophene rings is 1. The molecule has 1 aliphatic rings. The van der Waals surface area contributed by atoms with Crippen LogP contribution in [-0.2, 0) is 11.8 Å². The van der Waals surface area contributed by atoms with E-state index in [1.807, 2.05) is 66.3 Å². The zero-order chi connectivity index (χ0) is 25.9. The van der Waals surface area contributed by atoms with Crippen molar-refractivity contribution in [2.75, 3.05) is 39.4 Å². The average Bonchev–Trinajstić information content (AvgIpc) is 3.57. The van der Waals surface area contributed by atoms with Gasteiger partial charge in [-0.25, -0.2) is 4.98 Å². The fourth-order valence-electron chi connectivity index (χ4n) is 4.78. The Labute approximate surface area is 224 Å². The van der Waals surface area contributed by atoms with Gasteiger partial charge in [-0.1, -0.05) is 12.1 Å². The maximum Gasteiger partial charge on any atom is 0.251 e. The molecule has 0 saturated carbocycles. The summed E-state index contributed by atoms with van der Waals surface area (Å²) in [7, 11) is 1.98. The number of nitrogens with one attached hydrogen (secondary N) is 1. The van der Waals surface area contributed by atoms with Crippen LogP contribution < -0.4 is 10.1 Å². The minimum atomic E-state index is -0.0533. The van der Waals surface area contributed by atoms with Crippen molar-refractivity contribution in [1.29, 1.82) is 0 Å². The summed E-state index contributed by atoms with van der Waals surface area (Å²) in [5, 5.41) is 4.94. The van der Waals surface area contributed by atoms with Gasteiger partial charge in [0.05, 0.1) is 28.3 Å². The van der Waals surface area contributed by atoms with E-state index in [0.717, 1.165) is 76.7 Å². The molecule has 1 fully saturated rings. The van der Waals surface area contributed by atoms with E-state index in [-0.39, 0.29) is 5.91 Å². The first-order chi connectivity index (χ1) is 18.7. The topological polar surface area (TPSA) is 81.5 Å². The molecule has 194 valence electrons. The molecular weight excluding hydrogens is 498 g/mol. The Morgan fingerprint density at radius 2 is 2.00 bits per heavy atom. The molecule has 1 N–H and O–H groups in total. The van der Waals surface area contributed by atoms with Crippen LogP contribution in [0.25, 0.3) is 31.7 Å². The number of rotatable bonds is 8.